The summed E-state index contributed by atoms with van der Waals surface area (Å²) in [5.74, 6) is -0.783. The number of halogens is 2. The molecule has 4 rings (SSSR count). The number of unbranched alkanes of at least 4 members (excludes halogenated alkanes) is 1. The summed E-state index contributed by atoms with van der Waals surface area (Å²) < 4.78 is 28.1. The Morgan fingerprint density at radius 3 is 2.48 bits per heavy atom. The van der Waals surface area contributed by atoms with E-state index in [0.29, 0.717) is 11.8 Å². The van der Waals surface area contributed by atoms with Gasteiger partial charge in [-0.15, -0.1) is 0 Å². The molecular weight excluding hydrogens is 368 g/mol. The Bertz CT molecular complexity index is 878. The number of nitrogens with one attached hydrogen (secondary N) is 1. The number of allylic oxidation sites excluding steroid dienone is 2. The van der Waals surface area contributed by atoms with Crippen molar-refractivity contribution in [2.45, 2.75) is 46.5 Å². The van der Waals surface area contributed by atoms with Crippen LogP contribution in [0.5, 0.6) is 0 Å². The van der Waals surface area contributed by atoms with Gasteiger partial charge >= 0.3 is 0 Å². The summed E-state index contributed by atoms with van der Waals surface area (Å²) in [7, 11) is 0. The minimum Gasteiger partial charge on any atom is -0.367 e. The molecule has 2 atom stereocenters. The zero-order chi connectivity index (χ0) is 20.5. The molecular formula is C24H31F2N3. The van der Waals surface area contributed by atoms with E-state index >= 15 is 0 Å². The van der Waals surface area contributed by atoms with E-state index in [-0.39, 0.29) is 0 Å². The van der Waals surface area contributed by atoms with E-state index in [2.05, 4.69) is 30.1 Å². The van der Waals surface area contributed by atoms with Crippen molar-refractivity contribution in [2.24, 2.45) is 16.8 Å². The molecule has 1 saturated carbocycles. The minimum absolute atomic E-state index is 0.346. The van der Waals surface area contributed by atoms with Crippen molar-refractivity contribution >= 4 is 11.3 Å². The highest BCUT2D eigenvalue weighted by Gasteiger charge is 2.42. The Balaban J connectivity index is 1.90. The molecule has 1 aromatic rings. The standard InChI is InChI=1S/C24H31F2N3/c1-4-5-6-22(29-11-9-27-10-12-29)24-23(18-8-7-17(18)16(3)28-24)19-14-21(26)20(25)13-15(19)2/h6,13-14,17-18,27H,4-5,7-12H2,1-3H3/b22-6-. The maximum atomic E-state index is 14.3. The number of benzene rings is 1. The third-order valence-electron chi connectivity index (χ3n) is 6.61. The minimum atomic E-state index is -0.780. The second-order valence-electron chi connectivity index (χ2n) is 8.50. The highest BCUT2D eigenvalue weighted by Crippen LogP contribution is 2.51. The number of aliphatic imine (C=N–C) groups is 1. The highest BCUT2D eigenvalue weighted by atomic mass is 19.2. The molecule has 0 amide bonds. The van der Waals surface area contributed by atoms with Crippen LogP contribution in [-0.4, -0.2) is 36.8 Å². The molecule has 0 bridgehead atoms. The first-order valence-corrected chi connectivity index (χ1v) is 10.9. The van der Waals surface area contributed by atoms with E-state index in [0.717, 1.165) is 80.0 Å². The van der Waals surface area contributed by atoms with Gasteiger partial charge in [0.2, 0.25) is 0 Å². The van der Waals surface area contributed by atoms with Crippen molar-refractivity contribution in [3.63, 3.8) is 0 Å². The number of fused-ring (bicyclic) bond motifs is 1. The third kappa shape index (κ3) is 3.77. The molecule has 156 valence electrons. The van der Waals surface area contributed by atoms with Crippen LogP contribution in [0.1, 0.15) is 50.7 Å². The smallest absolute Gasteiger partial charge is 0.159 e. The number of nitrogens with zero attached hydrogens (tertiary/aromatic N) is 2. The largest absolute Gasteiger partial charge is 0.367 e. The van der Waals surface area contributed by atoms with Gasteiger partial charge in [0.05, 0.1) is 11.4 Å². The average Bonchev–Trinajstić information content (AvgIpc) is 2.67. The van der Waals surface area contributed by atoms with E-state index in [1.165, 1.54) is 17.8 Å². The van der Waals surface area contributed by atoms with Crippen molar-refractivity contribution in [1.29, 1.82) is 0 Å². The lowest BCUT2D eigenvalue weighted by Gasteiger charge is -2.44. The lowest BCUT2D eigenvalue weighted by Crippen LogP contribution is -2.44. The first-order chi connectivity index (χ1) is 14.0. The molecule has 3 nitrogen and oxygen atoms in total. The Morgan fingerprint density at radius 2 is 1.83 bits per heavy atom. The Hall–Kier alpha value is -2.01. The lowest BCUT2D eigenvalue weighted by atomic mass is 9.64. The summed E-state index contributed by atoms with van der Waals surface area (Å²) in [5.41, 5.74) is 6.04. The predicted molar refractivity (Wildman–Crippen MR) is 115 cm³/mol. The zero-order valence-electron chi connectivity index (χ0n) is 17.7. The van der Waals surface area contributed by atoms with Gasteiger partial charge in [0, 0.05) is 37.8 Å². The van der Waals surface area contributed by atoms with Crippen molar-refractivity contribution in [2.75, 3.05) is 26.2 Å². The van der Waals surface area contributed by atoms with Gasteiger partial charge < -0.3 is 10.2 Å². The zero-order valence-corrected chi connectivity index (χ0v) is 17.7. The summed E-state index contributed by atoms with van der Waals surface area (Å²) in [6.45, 7) is 9.95. The van der Waals surface area contributed by atoms with Crippen LogP contribution in [0.25, 0.3) is 5.57 Å². The summed E-state index contributed by atoms with van der Waals surface area (Å²) >= 11 is 0. The van der Waals surface area contributed by atoms with Crippen LogP contribution in [0.15, 0.2) is 34.6 Å². The average molecular weight is 400 g/mol. The van der Waals surface area contributed by atoms with Crippen molar-refractivity contribution in [3.05, 3.63) is 52.4 Å². The van der Waals surface area contributed by atoms with Gasteiger partial charge in [-0.05, 0) is 67.9 Å². The maximum Gasteiger partial charge on any atom is 0.159 e. The molecule has 2 aliphatic heterocycles. The maximum absolute atomic E-state index is 14.3. The molecule has 1 saturated heterocycles. The summed E-state index contributed by atoms with van der Waals surface area (Å²) in [6.07, 6.45) is 6.55. The second kappa shape index (κ2) is 8.39. The van der Waals surface area contributed by atoms with E-state index < -0.39 is 11.6 Å². The summed E-state index contributed by atoms with van der Waals surface area (Å²) in [5, 5.41) is 3.42. The second-order valence-corrected chi connectivity index (χ2v) is 8.50. The fourth-order valence-electron chi connectivity index (χ4n) is 4.86. The fourth-order valence-corrected chi connectivity index (χ4v) is 4.86. The molecule has 1 aromatic carbocycles. The Labute approximate surface area is 172 Å². The van der Waals surface area contributed by atoms with Gasteiger partial charge in [-0.25, -0.2) is 8.78 Å². The number of hydrogen-bond acceptors (Lipinski definition) is 3. The van der Waals surface area contributed by atoms with Gasteiger partial charge in [-0.1, -0.05) is 19.4 Å². The molecule has 2 fully saturated rings. The quantitative estimate of drug-likeness (QED) is 0.748. The van der Waals surface area contributed by atoms with Crippen LogP contribution in [0, 0.1) is 30.4 Å². The number of hydrogen-bond donors (Lipinski definition) is 1. The van der Waals surface area contributed by atoms with Gasteiger partial charge in [-0.3, -0.25) is 4.99 Å². The van der Waals surface area contributed by atoms with Crippen LogP contribution in [0.2, 0.25) is 0 Å². The van der Waals surface area contributed by atoms with E-state index in [1.54, 1.807) is 0 Å². The number of piperazine rings is 1. The van der Waals surface area contributed by atoms with E-state index in [9.17, 15) is 8.78 Å². The van der Waals surface area contributed by atoms with Gasteiger partial charge in [0.15, 0.2) is 11.6 Å². The Morgan fingerprint density at radius 1 is 1.14 bits per heavy atom. The monoisotopic (exact) mass is 399 g/mol. The van der Waals surface area contributed by atoms with Gasteiger partial charge in [-0.2, -0.15) is 0 Å². The van der Waals surface area contributed by atoms with Crippen molar-refractivity contribution in [3.8, 4) is 0 Å². The number of rotatable bonds is 5. The molecule has 1 aliphatic carbocycles. The SMILES string of the molecule is CCC/C=C(/C1=C(c2cc(F)c(F)cc2C)C2CCC2C(C)=N1)N1CCNCC1. The first-order valence-electron chi connectivity index (χ1n) is 10.9. The number of aryl methyl sites for hydroxylation is 1. The van der Waals surface area contributed by atoms with Gasteiger partial charge in [0.1, 0.15) is 0 Å². The van der Waals surface area contributed by atoms with Crippen LogP contribution in [0.4, 0.5) is 8.78 Å². The van der Waals surface area contributed by atoms with Crippen LogP contribution < -0.4 is 5.32 Å². The fraction of sp³-hybridized carbons (Fsp3) is 0.542. The van der Waals surface area contributed by atoms with Crippen molar-refractivity contribution in [1.82, 2.24) is 10.2 Å². The topological polar surface area (TPSA) is 27.6 Å². The molecule has 3 aliphatic rings. The normalized spacial score (nSPS) is 24.9. The Kier molecular flexibility index (Phi) is 5.86. The highest BCUT2D eigenvalue weighted by molar-refractivity contribution is 5.94. The molecule has 5 heteroatoms. The molecule has 2 unspecified atom stereocenters. The summed E-state index contributed by atoms with van der Waals surface area (Å²) in [4.78, 5) is 7.50. The van der Waals surface area contributed by atoms with Crippen LogP contribution >= 0.6 is 0 Å². The van der Waals surface area contributed by atoms with E-state index in [1.807, 2.05) is 6.92 Å². The first kappa shape index (κ1) is 20.3. The van der Waals surface area contributed by atoms with Crippen molar-refractivity contribution < 1.29 is 8.78 Å². The third-order valence-corrected chi connectivity index (χ3v) is 6.61. The van der Waals surface area contributed by atoms with Crippen LogP contribution in [0.3, 0.4) is 0 Å². The lowest BCUT2D eigenvalue weighted by molar-refractivity contribution is 0.293. The van der Waals surface area contributed by atoms with Gasteiger partial charge in [0.25, 0.3) is 0 Å². The molecule has 0 radical (unpaired) electrons. The van der Waals surface area contributed by atoms with E-state index in [4.69, 9.17) is 4.99 Å². The molecule has 1 N–H and O–H groups in total. The predicted octanol–water partition coefficient (Wildman–Crippen LogP) is 5.07. The molecule has 0 spiro atoms. The molecule has 0 aromatic heterocycles. The van der Waals surface area contributed by atoms with Crippen LogP contribution in [-0.2, 0) is 0 Å². The molecule has 2 heterocycles. The summed E-state index contributed by atoms with van der Waals surface area (Å²) in [6, 6.07) is 2.72. The molecule has 29 heavy (non-hydrogen) atoms.